The summed E-state index contributed by atoms with van der Waals surface area (Å²) in [6.07, 6.45) is 2.51. The van der Waals surface area contributed by atoms with Gasteiger partial charge in [-0.3, -0.25) is 4.79 Å². The van der Waals surface area contributed by atoms with Crippen molar-refractivity contribution in [1.82, 2.24) is 15.6 Å². The number of rotatable bonds is 7. The fraction of sp³-hybridized carbons (Fsp3) is 0.533. The number of carbonyl (C=O) groups is 2. The van der Waals surface area contributed by atoms with Crippen LogP contribution in [-0.4, -0.2) is 35.7 Å². The number of alkyl carbamates (subject to hydrolysis) is 1. The molecule has 8 nitrogen and oxygen atoms in total. The molecule has 0 saturated heterocycles. The van der Waals surface area contributed by atoms with Gasteiger partial charge < -0.3 is 20.8 Å². The quantitative estimate of drug-likeness (QED) is 0.342. The molecule has 0 aliphatic heterocycles. The first kappa shape index (κ1) is 18.7. The van der Waals surface area contributed by atoms with Crippen molar-refractivity contribution in [2.24, 2.45) is 5.84 Å². The highest BCUT2D eigenvalue weighted by atomic mass is 16.6. The summed E-state index contributed by atoms with van der Waals surface area (Å²) in [5, 5.41) is 5.46. The smallest absolute Gasteiger partial charge is 0.407 e. The summed E-state index contributed by atoms with van der Waals surface area (Å²) in [6, 6.07) is 3.27. The van der Waals surface area contributed by atoms with Crippen LogP contribution < -0.4 is 21.9 Å². The lowest BCUT2D eigenvalue weighted by Gasteiger charge is -2.19. The summed E-state index contributed by atoms with van der Waals surface area (Å²) in [4.78, 5) is 27.2. The van der Waals surface area contributed by atoms with Gasteiger partial charge in [0.15, 0.2) is 0 Å². The van der Waals surface area contributed by atoms with Crippen molar-refractivity contribution in [3.8, 4) is 0 Å². The van der Waals surface area contributed by atoms with Gasteiger partial charge >= 0.3 is 6.09 Å². The Morgan fingerprint density at radius 1 is 1.17 bits per heavy atom. The second-order valence-corrected chi connectivity index (χ2v) is 5.97. The number of aromatic nitrogens is 1. The van der Waals surface area contributed by atoms with E-state index in [1.807, 2.05) is 20.8 Å². The van der Waals surface area contributed by atoms with Crippen LogP contribution >= 0.6 is 0 Å². The molecule has 1 rings (SSSR count). The van der Waals surface area contributed by atoms with Crippen molar-refractivity contribution in [2.45, 2.75) is 39.2 Å². The van der Waals surface area contributed by atoms with E-state index in [0.29, 0.717) is 24.5 Å². The molecular weight excluding hydrogens is 298 g/mol. The molecule has 0 saturated carbocycles. The third kappa shape index (κ3) is 8.01. The van der Waals surface area contributed by atoms with Crippen LogP contribution in [0, 0.1) is 0 Å². The molecule has 1 aromatic heterocycles. The first-order chi connectivity index (χ1) is 10.8. The van der Waals surface area contributed by atoms with Gasteiger partial charge in [0.25, 0.3) is 5.91 Å². The highest BCUT2D eigenvalue weighted by molar-refractivity contribution is 5.93. The molecule has 0 fully saturated rings. The van der Waals surface area contributed by atoms with Gasteiger partial charge in [0.05, 0.1) is 5.56 Å². The Hall–Kier alpha value is -2.35. The topological polar surface area (TPSA) is 118 Å². The van der Waals surface area contributed by atoms with E-state index in [-0.39, 0.29) is 5.91 Å². The van der Waals surface area contributed by atoms with Crippen molar-refractivity contribution < 1.29 is 14.3 Å². The molecule has 128 valence electrons. The van der Waals surface area contributed by atoms with Crippen molar-refractivity contribution in [1.29, 1.82) is 0 Å². The molecule has 8 heteroatoms. The molecule has 1 heterocycles. The summed E-state index contributed by atoms with van der Waals surface area (Å²) in [5.41, 5.74) is 2.36. The Kier molecular flexibility index (Phi) is 7.27. The lowest BCUT2D eigenvalue weighted by molar-refractivity contribution is 0.0526. The van der Waals surface area contributed by atoms with E-state index in [0.717, 1.165) is 12.8 Å². The second-order valence-electron chi connectivity index (χ2n) is 5.97. The summed E-state index contributed by atoms with van der Waals surface area (Å²) in [5.74, 6) is 5.51. The van der Waals surface area contributed by atoms with Crippen LogP contribution in [-0.2, 0) is 4.74 Å². The van der Waals surface area contributed by atoms with Crippen molar-refractivity contribution in [2.75, 3.05) is 18.5 Å². The van der Waals surface area contributed by atoms with E-state index >= 15 is 0 Å². The fourth-order valence-corrected chi connectivity index (χ4v) is 1.67. The van der Waals surface area contributed by atoms with Crippen LogP contribution in [0.4, 0.5) is 10.6 Å². The summed E-state index contributed by atoms with van der Waals surface area (Å²) >= 11 is 0. The predicted octanol–water partition coefficient (Wildman–Crippen LogP) is 1.40. The normalized spacial score (nSPS) is 10.8. The maximum atomic E-state index is 11.8. The van der Waals surface area contributed by atoms with Gasteiger partial charge in [0.2, 0.25) is 0 Å². The Bertz CT molecular complexity index is 511. The summed E-state index contributed by atoms with van der Waals surface area (Å²) in [6.45, 7) is 6.46. The molecule has 0 aliphatic carbocycles. The number of hydrogen-bond donors (Lipinski definition) is 4. The summed E-state index contributed by atoms with van der Waals surface area (Å²) < 4.78 is 5.12. The van der Waals surface area contributed by atoms with Crippen molar-refractivity contribution in [3.05, 3.63) is 23.9 Å². The van der Waals surface area contributed by atoms with Crippen LogP contribution in [0.15, 0.2) is 18.3 Å². The largest absolute Gasteiger partial charge is 0.444 e. The van der Waals surface area contributed by atoms with Gasteiger partial charge in [-0.25, -0.2) is 15.6 Å². The maximum absolute atomic E-state index is 11.8. The highest BCUT2D eigenvalue weighted by Gasteiger charge is 2.15. The zero-order chi connectivity index (χ0) is 17.3. The molecule has 0 bridgehead atoms. The van der Waals surface area contributed by atoms with Gasteiger partial charge in [0.1, 0.15) is 11.4 Å². The average molecular weight is 323 g/mol. The van der Waals surface area contributed by atoms with Crippen LogP contribution in [0.2, 0.25) is 0 Å². The van der Waals surface area contributed by atoms with Crippen LogP contribution in [0.5, 0.6) is 0 Å². The molecule has 0 unspecified atom stereocenters. The molecule has 0 aromatic carbocycles. The number of ether oxygens (including phenoxy) is 1. The van der Waals surface area contributed by atoms with Crippen LogP contribution in [0.25, 0.3) is 0 Å². The van der Waals surface area contributed by atoms with E-state index < -0.39 is 11.7 Å². The number of carbonyl (C=O) groups excluding carboxylic acids is 2. The van der Waals surface area contributed by atoms with Crippen LogP contribution in [0.3, 0.4) is 0 Å². The Morgan fingerprint density at radius 3 is 2.35 bits per heavy atom. The maximum Gasteiger partial charge on any atom is 0.407 e. The lowest BCUT2D eigenvalue weighted by Crippen LogP contribution is -2.33. The van der Waals surface area contributed by atoms with E-state index in [1.165, 1.54) is 6.20 Å². The van der Waals surface area contributed by atoms with Crippen molar-refractivity contribution in [3.63, 3.8) is 0 Å². The van der Waals surface area contributed by atoms with Crippen LogP contribution in [0.1, 0.15) is 44.0 Å². The minimum atomic E-state index is -0.499. The number of nitrogens with zero attached hydrogens (tertiary/aromatic N) is 1. The molecular formula is C15H25N5O3. The summed E-state index contributed by atoms with van der Waals surface area (Å²) in [7, 11) is 0. The SMILES string of the molecule is CC(C)(C)OC(=O)NCCCCNC(=O)c1ccc(NN)nc1. The third-order valence-corrected chi connectivity index (χ3v) is 2.73. The second kappa shape index (κ2) is 8.94. The number of nitrogen functional groups attached to an aromatic ring is 1. The molecule has 0 radical (unpaired) electrons. The predicted molar refractivity (Wildman–Crippen MR) is 87.9 cm³/mol. The van der Waals surface area contributed by atoms with E-state index in [1.54, 1.807) is 12.1 Å². The monoisotopic (exact) mass is 323 g/mol. The number of anilines is 1. The first-order valence-electron chi connectivity index (χ1n) is 7.49. The molecule has 23 heavy (non-hydrogen) atoms. The number of nitrogens with one attached hydrogen (secondary N) is 3. The van der Waals surface area contributed by atoms with Gasteiger partial charge in [0, 0.05) is 19.3 Å². The van der Waals surface area contributed by atoms with Gasteiger partial charge in [-0.15, -0.1) is 0 Å². The van der Waals surface area contributed by atoms with E-state index in [4.69, 9.17) is 10.6 Å². The van der Waals surface area contributed by atoms with Crippen molar-refractivity contribution >= 4 is 17.8 Å². The van der Waals surface area contributed by atoms with Gasteiger partial charge in [-0.2, -0.15) is 0 Å². The number of nitrogens with two attached hydrogens (primary N) is 1. The van der Waals surface area contributed by atoms with Gasteiger partial charge in [-0.05, 0) is 45.7 Å². The minimum absolute atomic E-state index is 0.193. The number of amides is 2. The molecule has 5 N–H and O–H groups in total. The lowest BCUT2D eigenvalue weighted by atomic mass is 10.2. The Morgan fingerprint density at radius 2 is 1.83 bits per heavy atom. The van der Waals surface area contributed by atoms with E-state index in [9.17, 15) is 9.59 Å². The van der Waals surface area contributed by atoms with E-state index in [2.05, 4.69) is 21.0 Å². The number of hydrazine groups is 1. The molecule has 0 atom stereocenters. The average Bonchev–Trinajstić information content (AvgIpc) is 2.48. The standard InChI is InChI=1S/C15H25N5O3/c1-15(2,3)23-14(22)18-9-5-4-8-17-13(21)11-6-7-12(20-16)19-10-11/h6-7,10H,4-5,8-9,16H2,1-3H3,(H,17,21)(H,18,22)(H,19,20). The highest BCUT2D eigenvalue weighted by Crippen LogP contribution is 2.06. The number of pyridine rings is 1. The van der Waals surface area contributed by atoms with Gasteiger partial charge in [-0.1, -0.05) is 0 Å². The fourth-order valence-electron chi connectivity index (χ4n) is 1.67. The number of unbranched alkanes of at least 4 members (excludes halogenated alkanes) is 1. The zero-order valence-corrected chi connectivity index (χ0v) is 13.8. The minimum Gasteiger partial charge on any atom is -0.444 e. The number of hydrogen-bond acceptors (Lipinski definition) is 6. The zero-order valence-electron chi connectivity index (χ0n) is 13.8. The molecule has 1 aromatic rings. The Labute approximate surface area is 136 Å². The molecule has 2 amide bonds. The molecule has 0 aliphatic rings. The Balaban J connectivity index is 2.14. The molecule has 0 spiro atoms. The first-order valence-corrected chi connectivity index (χ1v) is 7.49. The third-order valence-electron chi connectivity index (χ3n) is 2.73.